The molecule has 6 rings (SSSR count). The molecule has 1 aliphatic heterocycles. The number of amides is 2. The quantitative estimate of drug-likeness (QED) is 0.240. The summed E-state index contributed by atoms with van der Waals surface area (Å²) >= 11 is 1.27. The summed E-state index contributed by atoms with van der Waals surface area (Å²) in [5, 5.41) is 3.14. The predicted octanol–water partition coefficient (Wildman–Crippen LogP) is 5.02. The van der Waals surface area contributed by atoms with Gasteiger partial charge in [-0.25, -0.2) is 29.1 Å². The Balaban J connectivity index is 1.06. The van der Waals surface area contributed by atoms with Crippen LogP contribution in [0.25, 0.3) is 32.0 Å². The number of ether oxygens (including phenoxy) is 3. The van der Waals surface area contributed by atoms with Crippen molar-refractivity contribution in [3.8, 4) is 22.3 Å². The number of anilines is 1. The summed E-state index contributed by atoms with van der Waals surface area (Å²) in [5.41, 5.74) is 4.06. The Morgan fingerprint density at radius 2 is 1.86 bits per heavy atom. The van der Waals surface area contributed by atoms with Gasteiger partial charge in [0.15, 0.2) is 5.82 Å². The van der Waals surface area contributed by atoms with Crippen LogP contribution in [0.4, 0.5) is 14.9 Å². The molecule has 12 nitrogen and oxygen atoms in total. The SMILES string of the molecule is COc1cnc2c(-c3nc4cc(F)c(OCCOC(=O)Nc5ccc(C(=O)N6CCCC6)nc5)nc4s3)cc(C)cc2n1. The molecule has 5 heterocycles. The fraction of sp³-hybridized carbons (Fsp3) is 0.276. The smallest absolute Gasteiger partial charge is 0.411 e. The second-order valence-corrected chi connectivity index (χ2v) is 10.7. The van der Waals surface area contributed by atoms with E-state index in [9.17, 15) is 14.0 Å². The number of pyridine rings is 2. The summed E-state index contributed by atoms with van der Waals surface area (Å²) in [6, 6.07) is 8.23. The zero-order chi connectivity index (χ0) is 29.9. The van der Waals surface area contributed by atoms with Crippen molar-refractivity contribution in [2.24, 2.45) is 0 Å². The van der Waals surface area contributed by atoms with Crippen molar-refractivity contribution in [1.29, 1.82) is 0 Å². The molecule has 5 aromatic rings. The standard InChI is InChI=1S/C29H26FN7O5S/c1-16-11-18(24-21(12-16)34-23(40-2)15-32-24)26-35-22-13-19(30)25(36-27(22)43-26)41-9-10-42-29(39)33-17-5-6-20(31-14-17)28(38)37-7-3-4-8-37/h5-6,11-15H,3-4,7-10H2,1-2H3,(H,33,39). The van der Waals surface area contributed by atoms with Gasteiger partial charge in [0.05, 0.1) is 36.2 Å². The van der Waals surface area contributed by atoms with E-state index in [1.807, 2.05) is 19.1 Å². The van der Waals surface area contributed by atoms with Gasteiger partial charge in [0.2, 0.25) is 5.88 Å². The van der Waals surface area contributed by atoms with Gasteiger partial charge in [-0.3, -0.25) is 10.1 Å². The zero-order valence-corrected chi connectivity index (χ0v) is 24.1. The molecule has 0 unspecified atom stereocenters. The first-order chi connectivity index (χ1) is 20.9. The van der Waals surface area contributed by atoms with Crippen LogP contribution in [0.2, 0.25) is 0 Å². The number of halogens is 1. The van der Waals surface area contributed by atoms with E-state index in [0.717, 1.165) is 37.1 Å². The fourth-order valence-corrected chi connectivity index (χ4v) is 5.58. The van der Waals surface area contributed by atoms with Crippen molar-refractivity contribution in [3.63, 3.8) is 0 Å². The lowest BCUT2D eigenvalue weighted by molar-refractivity contribution is 0.0787. The maximum Gasteiger partial charge on any atom is 0.411 e. The van der Waals surface area contributed by atoms with Gasteiger partial charge < -0.3 is 19.1 Å². The molecule has 1 saturated heterocycles. The molecular weight excluding hydrogens is 577 g/mol. The zero-order valence-electron chi connectivity index (χ0n) is 23.3. The van der Waals surface area contributed by atoms with Crippen LogP contribution >= 0.6 is 11.3 Å². The fourth-order valence-electron chi connectivity index (χ4n) is 4.65. The first-order valence-electron chi connectivity index (χ1n) is 13.5. The van der Waals surface area contributed by atoms with Crippen molar-refractivity contribution in [2.75, 3.05) is 38.7 Å². The molecule has 0 saturated carbocycles. The molecule has 0 radical (unpaired) electrons. The molecule has 2 amide bonds. The number of hydrogen-bond donors (Lipinski definition) is 1. The number of methoxy groups -OCH3 is 1. The van der Waals surface area contributed by atoms with Gasteiger partial charge in [-0.1, -0.05) is 11.3 Å². The highest BCUT2D eigenvalue weighted by atomic mass is 32.1. The molecule has 1 aliphatic rings. The lowest BCUT2D eigenvalue weighted by atomic mass is 10.1. The number of benzene rings is 1. The summed E-state index contributed by atoms with van der Waals surface area (Å²) in [6.07, 6.45) is 4.16. The second kappa shape index (κ2) is 12.1. The Morgan fingerprint density at radius 3 is 2.63 bits per heavy atom. The Labute approximate surface area is 248 Å². The van der Waals surface area contributed by atoms with E-state index >= 15 is 0 Å². The van der Waals surface area contributed by atoms with Crippen LogP contribution < -0.4 is 14.8 Å². The van der Waals surface area contributed by atoms with Crippen LogP contribution in [0.3, 0.4) is 0 Å². The van der Waals surface area contributed by atoms with E-state index in [-0.39, 0.29) is 25.0 Å². The number of hydrogen-bond acceptors (Lipinski definition) is 11. The van der Waals surface area contributed by atoms with Crippen molar-refractivity contribution in [1.82, 2.24) is 29.8 Å². The van der Waals surface area contributed by atoms with Crippen LogP contribution in [-0.4, -0.2) is 75.2 Å². The van der Waals surface area contributed by atoms with Crippen molar-refractivity contribution < 1.29 is 28.2 Å². The van der Waals surface area contributed by atoms with E-state index in [1.54, 1.807) is 17.0 Å². The molecule has 0 bridgehead atoms. The minimum absolute atomic E-state index is 0.128. The molecule has 14 heteroatoms. The molecule has 1 aromatic carbocycles. The number of carbonyl (C=O) groups excluding carboxylic acids is 2. The Morgan fingerprint density at radius 1 is 1.02 bits per heavy atom. The van der Waals surface area contributed by atoms with Crippen LogP contribution in [0.1, 0.15) is 28.9 Å². The number of rotatable bonds is 8. The summed E-state index contributed by atoms with van der Waals surface area (Å²) in [7, 11) is 1.53. The van der Waals surface area contributed by atoms with Crippen molar-refractivity contribution in [2.45, 2.75) is 19.8 Å². The van der Waals surface area contributed by atoms with Crippen LogP contribution in [0, 0.1) is 12.7 Å². The minimum atomic E-state index is -0.744. The Kier molecular flexibility index (Phi) is 7.92. The average Bonchev–Trinajstić information content (AvgIpc) is 3.69. The van der Waals surface area contributed by atoms with Gasteiger partial charge >= 0.3 is 6.09 Å². The van der Waals surface area contributed by atoms with Crippen molar-refractivity contribution >= 4 is 50.4 Å². The third-order valence-corrected chi connectivity index (χ3v) is 7.69. The summed E-state index contributed by atoms with van der Waals surface area (Å²) < 4.78 is 30.6. The molecule has 43 heavy (non-hydrogen) atoms. The molecule has 1 N–H and O–H groups in total. The molecule has 0 spiro atoms. The number of thiazole rings is 1. The summed E-state index contributed by atoms with van der Waals surface area (Å²) in [6.45, 7) is 3.11. The number of carbonyl (C=O) groups is 2. The normalized spacial score (nSPS) is 13.0. The maximum atomic E-state index is 14.8. The lowest BCUT2D eigenvalue weighted by Gasteiger charge is -2.14. The maximum absolute atomic E-state index is 14.8. The number of nitrogens with one attached hydrogen (secondary N) is 1. The van der Waals surface area contributed by atoms with Gasteiger partial charge in [0, 0.05) is 24.7 Å². The van der Waals surface area contributed by atoms with Crippen molar-refractivity contribution in [3.05, 3.63) is 59.8 Å². The molecular formula is C29H26FN7O5S. The minimum Gasteiger partial charge on any atom is -0.480 e. The largest absolute Gasteiger partial charge is 0.480 e. The summed E-state index contributed by atoms with van der Waals surface area (Å²) in [5.74, 6) is -0.650. The van der Waals surface area contributed by atoms with Gasteiger partial charge in [-0.05, 0) is 49.6 Å². The van der Waals surface area contributed by atoms with Gasteiger partial charge in [0.1, 0.15) is 34.3 Å². The van der Waals surface area contributed by atoms with Gasteiger partial charge in [0.25, 0.3) is 11.8 Å². The van der Waals surface area contributed by atoms with E-state index in [1.165, 1.54) is 36.9 Å². The highest BCUT2D eigenvalue weighted by molar-refractivity contribution is 7.21. The highest BCUT2D eigenvalue weighted by Crippen LogP contribution is 2.35. The number of aryl methyl sites for hydroxylation is 1. The number of nitrogens with zero attached hydrogens (tertiary/aromatic N) is 6. The average molecular weight is 604 g/mol. The van der Waals surface area contributed by atoms with Gasteiger partial charge in [-0.15, -0.1) is 0 Å². The van der Waals surface area contributed by atoms with Gasteiger partial charge in [-0.2, -0.15) is 4.98 Å². The molecule has 0 atom stereocenters. The van der Waals surface area contributed by atoms with Crippen LogP contribution in [-0.2, 0) is 4.74 Å². The lowest BCUT2D eigenvalue weighted by Crippen LogP contribution is -2.28. The highest BCUT2D eigenvalue weighted by Gasteiger charge is 2.21. The number of fused-ring (bicyclic) bond motifs is 2. The van der Waals surface area contributed by atoms with E-state index in [4.69, 9.17) is 14.2 Å². The third-order valence-electron chi connectivity index (χ3n) is 6.69. The monoisotopic (exact) mass is 603 g/mol. The number of likely N-dealkylation sites (tertiary alicyclic amines) is 1. The Hall–Kier alpha value is -4.98. The van der Waals surface area contributed by atoms with Crippen LogP contribution in [0.15, 0.2) is 42.7 Å². The third kappa shape index (κ3) is 6.14. The first kappa shape index (κ1) is 28.2. The van der Waals surface area contributed by atoms with Crippen LogP contribution in [0.5, 0.6) is 11.8 Å². The second-order valence-electron chi connectivity index (χ2n) is 9.75. The Bertz CT molecular complexity index is 1830. The molecule has 4 aromatic heterocycles. The van der Waals surface area contributed by atoms with E-state index in [2.05, 4.69) is 30.2 Å². The van der Waals surface area contributed by atoms with E-state index < -0.39 is 11.9 Å². The van der Waals surface area contributed by atoms with E-state index in [0.29, 0.717) is 43.6 Å². The summed E-state index contributed by atoms with van der Waals surface area (Å²) in [4.78, 5) is 48.8. The topological polar surface area (TPSA) is 142 Å². The predicted molar refractivity (Wildman–Crippen MR) is 157 cm³/mol. The number of aromatic nitrogens is 5. The molecule has 0 aliphatic carbocycles. The molecule has 1 fully saturated rings. The first-order valence-corrected chi connectivity index (χ1v) is 14.3. The molecule has 220 valence electrons.